The van der Waals surface area contributed by atoms with Gasteiger partial charge in [0.15, 0.2) is 5.78 Å². The van der Waals surface area contributed by atoms with Gasteiger partial charge in [-0.25, -0.2) is 0 Å². The summed E-state index contributed by atoms with van der Waals surface area (Å²) < 4.78 is 0. The third-order valence-electron chi connectivity index (χ3n) is 1.87. The van der Waals surface area contributed by atoms with E-state index < -0.39 is 0 Å². The monoisotopic (exact) mass is 184 g/mol. The molecule has 0 unspecified atom stereocenters. The average molecular weight is 184 g/mol. The molecular formula is C11H8N2O. The van der Waals surface area contributed by atoms with Gasteiger partial charge in [-0.1, -0.05) is 0 Å². The van der Waals surface area contributed by atoms with Crippen molar-refractivity contribution in [2.45, 2.75) is 0 Å². The molecule has 0 atom stereocenters. The van der Waals surface area contributed by atoms with Crippen LogP contribution in [0, 0.1) is 0 Å². The molecule has 0 bridgehead atoms. The van der Waals surface area contributed by atoms with Gasteiger partial charge in [-0.05, 0) is 24.3 Å². The Kier molecular flexibility index (Phi) is 2.32. The van der Waals surface area contributed by atoms with Gasteiger partial charge in [-0.3, -0.25) is 14.8 Å². The van der Waals surface area contributed by atoms with Crippen LogP contribution < -0.4 is 0 Å². The van der Waals surface area contributed by atoms with E-state index in [1.54, 1.807) is 49.1 Å². The number of pyridine rings is 2. The molecule has 14 heavy (non-hydrogen) atoms. The molecule has 0 radical (unpaired) electrons. The number of hydrogen-bond donors (Lipinski definition) is 0. The number of carbonyl (C=O) groups excluding carboxylic acids is 1. The van der Waals surface area contributed by atoms with Crippen molar-refractivity contribution in [2.75, 3.05) is 0 Å². The summed E-state index contributed by atoms with van der Waals surface area (Å²) in [6, 6.07) is 6.87. The summed E-state index contributed by atoms with van der Waals surface area (Å²) in [7, 11) is 0. The summed E-state index contributed by atoms with van der Waals surface area (Å²) in [5, 5.41) is 0. The van der Waals surface area contributed by atoms with E-state index in [2.05, 4.69) is 9.97 Å². The Morgan fingerprint density at radius 3 is 2.36 bits per heavy atom. The second-order valence-electron chi connectivity index (χ2n) is 2.81. The van der Waals surface area contributed by atoms with Crippen molar-refractivity contribution in [2.24, 2.45) is 0 Å². The summed E-state index contributed by atoms with van der Waals surface area (Å²) in [6.45, 7) is 0. The van der Waals surface area contributed by atoms with Gasteiger partial charge in [0.2, 0.25) is 0 Å². The largest absolute Gasteiger partial charge is 0.289 e. The van der Waals surface area contributed by atoms with Gasteiger partial charge in [-0.2, -0.15) is 0 Å². The molecular weight excluding hydrogens is 176 g/mol. The van der Waals surface area contributed by atoms with E-state index in [0.29, 0.717) is 11.1 Å². The molecule has 3 nitrogen and oxygen atoms in total. The van der Waals surface area contributed by atoms with Crippen molar-refractivity contribution in [3.05, 3.63) is 60.2 Å². The average Bonchev–Trinajstić information content (AvgIpc) is 2.30. The fraction of sp³-hybridized carbons (Fsp3) is 0. The van der Waals surface area contributed by atoms with E-state index in [1.807, 2.05) is 0 Å². The minimum atomic E-state index is -0.0273. The Hall–Kier alpha value is -2.03. The highest BCUT2D eigenvalue weighted by Gasteiger charge is 2.07. The molecule has 2 aromatic heterocycles. The quantitative estimate of drug-likeness (QED) is 0.667. The summed E-state index contributed by atoms with van der Waals surface area (Å²) >= 11 is 0. The van der Waals surface area contributed by atoms with Crippen LogP contribution >= 0.6 is 0 Å². The van der Waals surface area contributed by atoms with Gasteiger partial charge in [0.25, 0.3) is 0 Å². The predicted octanol–water partition coefficient (Wildman–Crippen LogP) is 1.71. The minimum absolute atomic E-state index is 0.0273. The van der Waals surface area contributed by atoms with Gasteiger partial charge in [0, 0.05) is 35.9 Å². The first kappa shape index (κ1) is 8.56. The molecule has 0 saturated heterocycles. The summed E-state index contributed by atoms with van der Waals surface area (Å²) in [5.41, 5.74) is 1.23. The zero-order chi connectivity index (χ0) is 9.80. The fourth-order valence-electron chi connectivity index (χ4n) is 1.17. The lowest BCUT2D eigenvalue weighted by atomic mass is 10.1. The third kappa shape index (κ3) is 1.66. The van der Waals surface area contributed by atoms with Crippen molar-refractivity contribution in [1.82, 2.24) is 9.97 Å². The molecule has 0 fully saturated rings. The van der Waals surface area contributed by atoms with Crippen LogP contribution in [0.3, 0.4) is 0 Å². The van der Waals surface area contributed by atoms with Crippen molar-refractivity contribution in [3.8, 4) is 0 Å². The van der Waals surface area contributed by atoms with Crippen LogP contribution in [-0.2, 0) is 0 Å². The first-order chi connectivity index (χ1) is 6.88. The third-order valence-corrected chi connectivity index (χ3v) is 1.87. The van der Waals surface area contributed by atoms with Crippen LogP contribution in [0.25, 0.3) is 0 Å². The van der Waals surface area contributed by atoms with Crippen molar-refractivity contribution >= 4 is 5.78 Å². The SMILES string of the molecule is O=C(c1ccncc1)c1cccnc1. The van der Waals surface area contributed by atoms with Crippen molar-refractivity contribution < 1.29 is 4.79 Å². The standard InChI is InChI=1S/C11H8N2O/c14-11(9-3-6-12-7-4-9)10-2-1-5-13-8-10/h1-8H. The highest BCUT2D eigenvalue weighted by atomic mass is 16.1. The summed E-state index contributed by atoms with van der Waals surface area (Å²) in [6.07, 6.45) is 6.40. The predicted molar refractivity (Wildman–Crippen MR) is 51.9 cm³/mol. The van der Waals surface area contributed by atoms with Crippen molar-refractivity contribution in [1.29, 1.82) is 0 Å². The molecule has 0 saturated carbocycles. The van der Waals surface area contributed by atoms with Gasteiger partial charge < -0.3 is 0 Å². The Morgan fingerprint density at radius 1 is 0.929 bits per heavy atom. The second-order valence-corrected chi connectivity index (χ2v) is 2.81. The maximum Gasteiger partial charge on any atom is 0.194 e. The molecule has 0 N–H and O–H groups in total. The molecule has 2 aromatic rings. The molecule has 0 aliphatic carbocycles. The Labute approximate surface area is 81.5 Å². The Balaban J connectivity index is 2.35. The van der Waals surface area contributed by atoms with E-state index in [9.17, 15) is 4.79 Å². The molecule has 0 spiro atoms. The van der Waals surface area contributed by atoms with E-state index in [1.165, 1.54) is 0 Å². The van der Waals surface area contributed by atoms with Gasteiger partial charge >= 0.3 is 0 Å². The normalized spacial score (nSPS) is 9.71. The number of carbonyl (C=O) groups is 1. The van der Waals surface area contributed by atoms with E-state index >= 15 is 0 Å². The van der Waals surface area contributed by atoms with Crippen LogP contribution in [0.5, 0.6) is 0 Å². The van der Waals surface area contributed by atoms with Gasteiger partial charge in [0.1, 0.15) is 0 Å². The highest BCUT2D eigenvalue weighted by Crippen LogP contribution is 2.06. The zero-order valence-electron chi connectivity index (χ0n) is 7.42. The maximum atomic E-state index is 11.8. The molecule has 0 aliphatic rings. The number of hydrogen-bond acceptors (Lipinski definition) is 3. The number of nitrogens with zero attached hydrogens (tertiary/aromatic N) is 2. The van der Waals surface area contributed by atoms with E-state index in [0.717, 1.165) is 0 Å². The Bertz CT molecular complexity index is 384. The van der Waals surface area contributed by atoms with Crippen LogP contribution in [0.2, 0.25) is 0 Å². The fourth-order valence-corrected chi connectivity index (χ4v) is 1.17. The van der Waals surface area contributed by atoms with E-state index in [-0.39, 0.29) is 5.78 Å². The molecule has 0 aliphatic heterocycles. The molecule has 0 amide bonds. The number of ketones is 1. The lowest BCUT2D eigenvalue weighted by Gasteiger charge is -1.98. The van der Waals surface area contributed by atoms with Crippen LogP contribution in [0.4, 0.5) is 0 Å². The van der Waals surface area contributed by atoms with Crippen molar-refractivity contribution in [3.63, 3.8) is 0 Å². The minimum Gasteiger partial charge on any atom is -0.289 e. The maximum absolute atomic E-state index is 11.8. The molecule has 2 rings (SSSR count). The highest BCUT2D eigenvalue weighted by molar-refractivity contribution is 6.08. The second kappa shape index (κ2) is 3.79. The molecule has 68 valence electrons. The smallest absolute Gasteiger partial charge is 0.194 e. The van der Waals surface area contributed by atoms with Crippen LogP contribution in [0.15, 0.2) is 49.1 Å². The lowest BCUT2D eigenvalue weighted by Crippen LogP contribution is -2.01. The first-order valence-electron chi connectivity index (χ1n) is 4.22. The van der Waals surface area contributed by atoms with Crippen LogP contribution in [-0.4, -0.2) is 15.8 Å². The van der Waals surface area contributed by atoms with Gasteiger partial charge in [-0.15, -0.1) is 0 Å². The topological polar surface area (TPSA) is 42.9 Å². The van der Waals surface area contributed by atoms with Gasteiger partial charge in [0.05, 0.1) is 0 Å². The van der Waals surface area contributed by atoms with Crippen LogP contribution in [0.1, 0.15) is 15.9 Å². The number of rotatable bonds is 2. The zero-order valence-corrected chi connectivity index (χ0v) is 7.42. The number of aromatic nitrogens is 2. The van der Waals surface area contributed by atoms with E-state index in [4.69, 9.17) is 0 Å². The first-order valence-corrected chi connectivity index (χ1v) is 4.22. The Morgan fingerprint density at radius 2 is 1.71 bits per heavy atom. The molecule has 0 aromatic carbocycles. The summed E-state index contributed by atoms with van der Waals surface area (Å²) in [5.74, 6) is -0.0273. The summed E-state index contributed by atoms with van der Waals surface area (Å²) in [4.78, 5) is 19.5. The lowest BCUT2D eigenvalue weighted by molar-refractivity contribution is 0.103. The molecule has 3 heteroatoms. The molecule has 2 heterocycles.